The molecule has 1 rings (SSSR count). The predicted octanol–water partition coefficient (Wildman–Crippen LogP) is 1.03. The molecule has 0 spiro atoms. The first-order valence-electron chi connectivity index (χ1n) is 6.71. The molecule has 0 radical (unpaired) electrons. The molecule has 1 unspecified atom stereocenters. The maximum atomic E-state index is 11.6. The summed E-state index contributed by atoms with van der Waals surface area (Å²) in [4.78, 5) is 11.6. The van der Waals surface area contributed by atoms with Crippen molar-refractivity contribution in [3.63, 3.8) is 0 Å². The Balaban J connectivity index is 2.34. The first-order valence-corrected chi connectivity index (χ1v) is 6.71. The highest BCUT2D eigenvalue weighted by Crippen LogP contribution is 2.33. The van der Waals surface area contributed by atoms with Crippen LogP contribution in [-0.4, -0.2) is 29.7 Å². The fraction of sp³-hybridized carbons (Fsp3) is 0.923. The number of nitrogens with two attached hydrogens (primary N) is 1. The summed E-state index contributed by atoms with van der Waals surface area (Å²) < 4.78 is 0. The summed E-state index contributed by atoms with van der Waals surface area (Å²) in [5, 5.41) is 13.1. The first-order chi connectivity index (χ1) is 8.00. The van der Waals surface area contributed by atoms with Gasteiger partial charge in [-0.2, -0.15) is 0 Å². The van der Waals surface area contributed by atoms with Gasteiger partial charge in [0.25, 0.3) is 0 Å². The fourth-order valence-corrected chi connectivity index (χ4v) is 2.33. The molecule has 100 valence electrons. The summed E-state index contributed by atoms with van der Waals surface area (Å²) in [6, 6.07) is 0. The minimum absolute atomic E-state index is 0.0569. The van der Waals surface area contributed by atoms with Crippen LogP contribution in [0.3, 0.4) is 0 Å². The van der Waals surface area contributed by atoms with Crippen LogP contribution in [-0.2, 0) is 4.79 Å². The summed E-state index contributed by atoms with van der Waals surface area (Å²) in [7, 11) is 0. The van der Waals surface area contributed by atoms with Crippen molar-refractivity contribution in [2.24, 2.45) is 17.6 Å². The summed E-state index contributed by atoms with van der Waals surface area (Å²) in [5.41, 5.74) is 4.73. The topological polar surface area (TPSA) is 75.3 Å². The SMILES string of the molecule is CCC1CCC(O)(CNC(=O)C(C)CN)CC1. The normalized spacial score (nSPS) is 30.9. The maximum Gasteiger partial charge on any atom is 0.224 e. The number of carbonyl (C=O) groups is 1. The second-order valence-electron chi connectivity index (χ2n) is 5.43. The molecule has 4 N–H and O–H groups in total. The lowest BCUT2D eigenvalue weighted by atomic mass is 9.78. The number of aliphatic hydroxyl groups is 1. The Morgan fingerprint density at radius 3 is 2.59 bits per heavy atom. The van der Waals surface area contributed by atoms with Crippen LogP contribution >= 0.6 is 0 Å². The number of rotatable bonds is 5. The van der Waals surface area contributed by atoms with Crippen molar-refractivity contribution in [1.82, 2.24) is 5.32 Å². The van der Waals surface area contributed by atoms with Crippen molar-refractivity contribution in [2.75, 3.05) is 13.1 Å². The average molecular weight is 242 g/mol. The molecule has 0 saturated heterocycles. The lowest BCUT2D eigenvalue weighted by Crippen LogP contribution is -2.47. The number of amides is 1. The van der Waals surface area contributed by atoms with Crippen molar-refractivity contribution in [1.29, 1.82) is 0 Å². The highest BCUT2D eigenvalue weighted by atomic mass is 16.3. The summed E-state index contributed by atoms with van der Waals surface area (Å²) in [5.74, 6) is 0.512. The molecular formula is C13H26N2O2. The molecule has 0 aromatic carbocycles. The predicted molar refractivity (Wildman–Crippen MR) is 68.4 cm³/mol. The lowest BCUT2D eigenvalue weighted by Gasteiger charge is -2.36. The minimum Gasteiger partial charge on any atom is -0.388 e. The third-order valence-corrected chi connectivity index (χ3v) is 4.01. The third-order valence-electron chi connectivity index (χ3n) is 4.01. The van der Waals surface area contributed by atoms with E-state index < -0.39 is 5.60 Å². The Morgan fingerprint density at radius 2 is 2.12 bits per heavy atom. The van der Waals surface area contributed by atoms with Crippen molar-refractivity contribution in [2.45, 2.75) is 51.6 Å². The van der Waals surface area contributed by atoms with E-state index in [9.17, 15) is 9.90 Å². The van der Waals surface area contributed by atoms with Gasteiger partial charge in [0.15, 0.2) is 0 Å². The van der Waals surface area contributed by atoms with Gasteiger partial charge in [0.05, 0.1) is 5.60 Å². The highest BCUT2D eigenvalue weighted by Gasteiger charge is 2.33. The second-order valence-corrected chi connectivity index (χ2v) is 5.43. The molecule has 17 heavy (non-hydrogen) atoms. The van der Waals surface area contributed by atoms with E-state index in [-0.39, 0.29) is 11.8 Å². The Kier molecular flexibility index (Phi) is 5.40. The summed E-state index contributed by atoms with van der Waals surface area (Å²) in [6.45, 7) is 4.71. The zero-order valence-corrected chi connectivity index (χ0v) is 11.0. The largest absolute Gasteiger partial charge is 0.388 e. The van der Waals surface area contributed by atoms with Crippen LogP contribution in [0.15, 0.2) is 0 Å². The van der Waals surface area contributed by atoms with E-state index in [2.05, 4.69) is 12.2 Å². The van der Waals surface area contributed by atoms with Gasteiger partial charge in [-0.1, -0.05) is 20.3 Å². The standard InChI is InChI=1S/C13H26N2O2/c1-3-11-4-6-13(17,7-5-11)9-15-12(16)10(2)8-14/h10-11,17H,3-9,14H2,1-2H3,(H,15,16). The number of hydrogen-bond donors (Lipinski definition) is 3. The molecule has 1 amide bonds. The number of hydrogen-bond acceptors (Lipinski definition) is 3. The zero-order valence-electron chi connectivity index (χ0n) is 11.0. The van der Waals surface area contributed by atoms with Crippen molar-refractivity contribution < 1.29 is 9.90 Å². The van der Waals surface area contributed by atoms with E-state index in [1.807, 2.05) is 0 Å². The van der Waals surface area contributed by atoms with Crippen molar-refractivity contribution in [3.05, 3.63) is 0 Å². The first kappa shape index (κ1) is 14.5. The number of nitrogens with one attached hydrogen (secondary N) is 1. The van der Waals surface area contributed by atoms with Gasteiger partial charge in [-0.3, -0.25) is 4.79 Å². The van der Waals surface area contributed by atoms with Gasteiger partial charge in [0.1, 0.15) is 0 Å². The van der Waals surface area contributed by atoms with Gasteiger partial charge in [-0.25, -0.2) is 0 Å². The molecule has 1 atom stereocenters. The fourth-order valence-electron chi connectivity index (χ4n) is 2.33. The molecule has 4 heteroatoms. The number of carbonyl (C=O) groups excluding carboxylic acids is 1. The second kappa shape index (κ2) is 6.36. The smallest absolute Gasteiger partial charge is 0.224 e. The summed E-state index contributed by atoms with van der Waals surface area (Å²) in [6.07, 6.45) is 4.91. The van der Waals surface area contributed by atoms with E-state index in [0.29, 0.717) is 13.1 Å². The molecule has 0 aromatic heterocycles. The molecule has 4 nitrogen and oxygen atoms in total. The molecule has 0 heterocycles. The molecule has 0 aliphatic heterocycles. The van der Waals surface area contributed by atoms with Gasteiger partial charge in [0, 0.05) is 19.0 Å². The Hall–Kier alpha value is -0.610. The summed E-state index contributed by atoms with van der Waals surface area (Å²) >= 11 is 0. The van der Waals surface area contributed by atoms with Crippen LogP contribution in [0.4, 0.5) is 0 Å². The van der Waals surface area contributed by atoms with Crippen LogP contribution in [0.2, 0.25) is 0 Å². The van der Waals surface area contributed by atoms with Crippen LogP contribution in [0.25, 0.3) is 0 Å². The molecule has 1 aliphatic carbocycles. The van der Waals surface area contributed by atoms with Crippen LogP contribution in [0, 0.1) is 11.8 Å². The van der Waals surface area contributed by atoms with Crippen molar-refractivity contribution in [3.8, 4) is 0 Å². The monoisotopic (exact) mass is 242 g/mol. The van der Waals surface area contributed by atoms with Gasteiger partial charge < -0.3 is 16.2 Å². The van der Waals surface area contributed by atoms with Crippen LogP contribution in [0.5, 0.6) is 0 Å². The molecule has 1 aliphatic rings. The van der Waals surface area contributed by atoms with E-state index in [0.717, 1.165) is 31.6 Å². The van der Waals surface area contributed by atoms with E-state index in [1.165, 1.54) is 6.42 Å². The Bertz CT molecular complexity index is 248. The van der Waals surface area contributed by atoms with Gasteiger partial charge >= 0.3 is 0 Å². The molecule has 1 fully saturated rings. The average Bonchev–Trinajstić information content (AvgIpc) is 2.36. The quantitative estimate of drug-likeness (QED) is 0.674. The van der Waals surface area contributed by atoms with Gasteiger partial charge in [-0.05, 0) is 31.6 Å². The molecule has 0 bridgehead atoms. The van der Waals surface area contributed by atoms with Crippen molar-refractivity contribution >= 4 is 5.91 Å². The van der Waals surface area contributed by atoms with Crippen LogP contribution in [0.1, 0.15) is 46.0 Å². The lowest BCUT2D eigenvalue weighted by molar-refractivity contribution is -0.126. The van der Waals surface area contributed by atoms with Gasteiger partial charge in [-0.15, -0.1) is 0 Å². The minimum atomic E-state index is -0.699. The molecule has 0 aromatic rings. The van der Waals surface area contributed by atoms with Gasteiger partial charge in [0.2, 0.25) is 5.91 Å². The molecule has 1 saturated carbocycles. The van der Waals surface area contributed by atoms with E-state index in [1.54, 1.807) is 6.92 Å². The Morgan fingerprint density at radius 1 is 1.53 bits per heavy atom. The maximum absolute atomic E-state index is 11.6. The highest BCUT2D eigenvalue weighted by molar-refractivity contribution is 5.78. The Labute approximate surface area is 104 Å². The zero-order chi connectivity index (χ0) is 12.9. The third kappa shape index (κ3) is 4.28. The van der Waals surface area contributed by atoms with E-state index >= 15 is 0 Å². The van der Waals surface area contributed by atoms with Crippen LogP contribution < -0.4 is 11.1 Å². The van der Waals surface area contributed by atoms with E-state index in [4.69, 9.17) is 5.73 Å². The molecular weight excluding hydrogens is 216 g/mol.